The van der Waals surface area contributed by atoms with Gasteiger partial charge in [0, 0.05) is 0 Å². The second-order valence-corrected chi connectivity index (χ2v) is 3.91. The van der Waals surface area contributed by atoms with Gasteiger partial charge >= 0.3 is 12.9 Å². The smallest absolute Gasteiger partial charge is 0.418 e. The van der Waals surface area contributed by atoms with Gasteiger partial charge in [0.1, 0.15) is 4.47 Å². The second kappa shape index (κ2) is 6.06. The number of benzene rings is 1. The Balaban J connectivity index is 0.000000385. The van der Waals surface area contributed by atoms with Crippen molar-refractivity contribution in [2.45, 2.75) is 6.92 Å². The minimum atomic E-state index is -6.00. The van der Waals surface area contributed by atoms with E-state index in [1.807, 2.05) is 6.92 Å². The molecule has 88 valence electrons. The Morgan fingerprint density at radius 1 is 1.31 bits per heavy atom. The lowest BCUT2D eigenvalue weighted by Crippen LogP contribution is -2.02. The molecule has 0 saturated carbocycles. The van der Waals surface area contributed by atoms with E-state index in [1.54, 1.807) is 12.1 Å². The average Bonchev–Trinajstić information content (AvgIpc) is 2.08. The van der Waals surface area contributed by atoms with E-state index < -0.39 is 7.25 Å². The van der Waals surface area contributed by atoms with Crippen molar-refractivity contribution in [2.75, 3.05) is 0 Å². The SMILES string of the molecule is Cc1cc(Br)c([N+]#N)cc1Cl.F[B-](F)(F)F. The molecule has 0 heterocycles. The minimum Gasteiger partial charge on any atom is -0.418 e. The predicted molar refractivity (Wildman–Crippen MR) is 58.8 cm³/mol. The van der Waals surface area contributed by atoms with E-state index in [1.165, 1.54) is 0 Å². The van der Waals surface area contributed by atoms with E-state index in [4.69, 9.17) is 17.0 Å². The van der Waals surface area contributed by atoms with Crippen molar-refractivity contribution in [3.63, 3.8) is 0 Å². The van der Waals surface area contributed by atoms with Crippen molar-refractivity contribution >= 4 is 40.5 Å². The van der Waals surface area contributed by atoms with Gasteiger partial charge in [-0.05, 0) is 34.5 Å². The van der Waals surface area contributed by atoms with Gasteiger partial charge in [-0.25, -0.2) is 0 Å². The Hall–Kier alpha value is -0.805. The number of hydrogen-bond donors (Lipinski definition) is 0. The van der Waals surface area contributed by atoms with E-state index in [2.05, 4.69) is 20.9 Å². The first-order valence-electron chi connectivity index (χ1n) is 3.83. The van der Waals surface area contributed by atoms with Crippen molar-refractivity contribution in [1.29, 1.82) is 5.39 Å². The van der Waals surface area contributed by atoms with E-state index in [0.29, 0.717) is 10.7 Å². The fourth-order valence-electron chi connectivity index (χ4n) is 0.712. The summed E-state index contributed by atoms with van der Waals surface area (Å²) in [6.45, 7) is 1.88. The molecular formula is C7H5BBrClF4N2. The molecule has 0 amide bonds. The highest BCUT2D eigenvalue weighted by Crippen LogP contribution is 2.30. The fraction of sp³-hybridized carbons (Fsp3) is 0.143. The van der Waals surface area contributed by atoms with Gasteiger partial charge in [0.15, 0.2) is 4.98 Å². The number of diazo groups is 1. The third-order valence-corrected chi connectivity index (χ3v) is 2.38. The third kappa shape index (κ3) is 6.64. The van der Waals surface area contributed by atoms with Crippen LogP contribution in [-0.2, 0) is 0 Å². The molecule has 1 aromatic carbocycles. The molecule has 0 atom stereocenters. The number of nitrogens with zero attached hydrogens (tertiary/aromatic N) is 2. The van der Waals surface area contributed by atoms with Crippen LogP contribution in [0.4, 0.5) is 23.0 Å². The first-order chi connectivity index (χ1) is 7.15. The van der Waals surface area contributed by atoms with E-state index >= 15 is 0 Å². The van der Waals surface area contributed by atoms with Crippen LogP contribution in [0.3, 0.4) is 0 Å². The Bertz CT molecular complexity index is 412. The summed E-state index contributed by atoms with van der Waals surface area (Å²) in [5.41, 5.74) is 1.39. The van der Waals surface area contributed by atoms with Gasteiger partial charge in [-0.2, -0.15) is 0 Å². The number of hydrogen-bond acceptors (Lipinski definition) is 1. The summed E-state index contributed by atoms with van der Waals surface area (Å²) in [5, 5.41) is 9.07. The molecule has 0 saturated heterocycles. The van der Waals surface area contributed by atoms with Crippen molar-refractivity contribution < 1.29 is 17.3 Å². The van der Waals surface area contributed by atoms with Crippen LogP contribution in [0.1, 0.15) is 5.56 Å². The highest BCUT2D eigenvalue weighted by Gasteiger charge is 2.20. The lowest BCUT2D eigenvalue weighted by Gasteiger charge is -1.94. The first-order valence-corrected chi connectivity index (χ1v) is 5.00. The van der Waals surface area contributed by atoms with Crippen LogP contribution in [0.2, 0.25) is 5.02 Å². The third-order valence-electron chi connectivity index (χ3n) is 1.34. The molecule has 1 rings (SSSR count). The van der Waals surface area contributed by atoms with E-state index in [9.17, 15) is 17.3 Å². The standard InChI is InChI=1S/C7H5BrClN2.BF4/c1-4-2-5(8)7(11-10)3-6(4)9;2-1(3,4)5/h2-3H,1H3;/q+1;-1. The molecular weight excluding hydrogens is 314 g/mol. The highest BCUT2D eigenvalue weighted by molar-refractivity contribution is 9.10. The first kappa shape index (κ1) is 15.2. The largest absolute Gasteiger partial charge is 0.673 e. The van der Waals surface area contributed by atoms with Crippen molar-refractivity contribution in [2.24, 2.45) is 0 Å². The van der Waals surface area contributed by atoms with Gasteiger partial charge in [-0.1, -0.05) is 11.6 Å². The average molecular weight is 319 g/mol. The lowest BCUT2D eigenvalue weighted by atomic mass is 10.2. The van der Waals surface area contributed by atoms with Crippen LogP contribution in [0, 0.1) is 12.3 Å². The second-order valence-electron chi connectivity index (χ2n) is 2.65. The maximum atomic E-state index is 9.75. The Morgan fingerprint density at radius 2 is 1.75 bits per heavy atom. The molecule has 0 spiro atoms. The summed E-state index contributed by atoms with van der Waals surface area (Å²) in [4.78, 5) is 3.04. The molecule has 0 radical (unpaired) electrons. The topological polar surface area (TPSA) is 28.1 Å². The van der Waals surface area contributed by atoms with Crippen LogP contribution in [0.5, 0.6) is 0 Å². The summed E-state index contributed by atoms with van der Waals surface area (Å²) in [5.74, 6) is 0. The summed E-state index contributed by atoms with van der Waals surface area (Å²) >= 11 is 9.00. The zero-order valence-electron chi connectivity index (χ0n) is 7.89. The van der Waals surface area contributed by atoms with E-state index in [-0.39, 0.29) is 0 Å². The molecule has 0 N–H and O–H groups in total. The van der Waals surface area contributed by atoms with Gasteiger partial charge in [0.2, 0.25) is 5.39 Å². The molecule has 0 bridgehead atoms. The number of aryl methyl sites for hydroxylation is 1. The fourth-order valence-corrected chi connectivity index (χ4v) is 1.41. The molecule has 0 unspecified atom stereocenters. The van der Waals surface area contributed by atoms with Crippen LogP contribution in [-0.4, -0.2) is 7.25 Å². The van der Waals surface area contributed by atoms with Crippen LogP contribution in [0.25, 0.3) is 4.98 Å². The molecule has 16 heavy (non-hydrogen) atoms. The van der Waals surface area contributed by atoms with Crippen molar-refractivity contribution in [3.05, 3.63) is 32.2 Å². The quantitative estimate of drug-likeness (QED) is 0.367. The molecule has 9 heteroatoms. The van der Waals surface area contributed by atoms with Gasteiger partial charge in [0.25, 0.3) is 0 Å². The number of halogens is 6. The van der Waals surface area contributed by atoms with Crippen molar-refractivity contribution in [3.8, 4) is 0 Å². The molecule has 0 aliphatic carbocycles. The molecule has 0 aliphatic rings. The zero-order chi connectivity index (χ0) is 12.9. The van der Waals surface area contributed by atoms with Crippen LogP contribution in [0.15, 0.2) is 16.6 Å². The normalized spacial score (nSPS) is 10.1. The van der Waals surface area contributed by atoms with Gasteiger partial charge in [-0.3, -0.25) is 0 Å². The van der Waals surface area contributed by atoms with E-state index in [0.717, 1.165) is 10.0 Å². The molecule has 0 fully saturated rings. The lowest BCUT2D eigenvalue weighted by molar-refractivity contribution is 0.368. The summed E-state index contributed by atoms with van der Waals surface area (Å²) < 4.78 is 39.7. The molecule has 1 aromatic rings. The molecule has 0 aliphatic heterocycles. The summed E-state index contributed by atoms with van der Waals surface area (Å²) in [6, 6.07) is 3.40. The number of rotatable bonds is 0. The predicted octanol–water partition coefficient (Wildman–Crippen LogP) is 5.20. The maximum absolute atomic E-state index is 9.75. The highest BCUT2D eigenvalue weighted by atomic mass is 79.9. The van der Waals surface area contributed by atoms with Crippen LogP contribution >= 0.6 is 27.5 Å². The Morgan fingerprint density at radius 3 is 2.12 bits per heavy atom. The summed E-state index contributed by atoms with van der Waals surface area (Å²) in [6.07, 6.45) is 0. The molecule has 0 aromatic heterocycles. The minimum absolute atomic E-state index is 0.445. The Labute approximate surface area is 102 Å². The molecule has 2 nitrogen and oxygen atoms in total. The van der Waals surface area contributed by atoms with Gasteiger partial charge in [-0.15, -0.1) is 0 Å². The van der Waals surface area contributed by atoms with Crippen molar-refractivity contribution in [1.82, 2.24) is 0 Å². The van der Waals surface area contributed by atoms with Gasteiger partial charge < -0.3 is 17.3 Å². The Kier molecular flexibility index (Phi) is 5.75. The maximum Gasteiger partial charge on any atom is 0.673 e. The zero-order valence-corrected chi connectivity index (χ0v) is 10.2. The van der Waals surface area contributed by atoms with Crippen LogP contribution < -0.4 is 0 Å². The monoisotopic (exact) mass is 318 g/mol. The summed E-state index contributed by atoms with van der Waals surface area (Å²) in [7, 11) is -6.00. The van der Waals surface area contributed by atoms with Gasteiger partial charge in [0.05, 0.1) is 11.1 Å².